The highest BCUT2D eigenvalue weighted by Crippen LogP contribution is 2.24. The summed E-state index contributed by atoms with van der Waals surface area (Å²) in [5.41, 5.74) is 1.96. The van der Waals surface area contributed by atoms with E-state index in [-0.39, 0.29) is 11.6 Å². The summed E-state index contributed by atoms with van der Waals surface area (Å²) >= 11 is 1.41. The smallest absolute Gasteiger partial charge is 0.269 e. The zero-order chi connectivity index (χ0) is 22.5. The topological polar surface area (TPSA) is 93.7 Å². The molecular formula is C22H23N5O4S. The van der Waals surface area contributed by atoms with E-state index in [4.69, 9.17) is 4.74 Å². The summed E-state index contributed by atoms with van der Waals surface area (Å²) in [6.07, 6.45) is 3.59. The molecule has 1 aliphatic heterocycles. The molecule has 1 aromatic heterocycles. The quantitative estimate of drug-likeness (QED) is 0.308. The number of imidazole rings is 1. The van der Waals surface area contributed by atoms with Gasteiger partial charge in [-0.1, -0.05) is 11.8 Å². The van der Waals surface area contributed by atoms with Crippen molar-refractivity contribution in [2.24, 2.45) is 0 Å². The Morgan fingerprint density at radius 1 is 1.06 bits per heavy atom. The van der Waals surface area contributed by atoms with Gasteiger partial charge in [0.15, 0.2) is 5.16 Å². The molecular weight excluding hydrogens is 430 g/mol. The number of rotatable bonds is 7. The van der Waals surface area contributed by atoms with Crippen LogP contribution in [0.25, 0.3) is 5.69 Å². The highest BCUT2D eigenvalue weighted by Gasteiger charge is 2.22. The fourth-order valence-electron chi connectivity index (χ4n) is 3.55. The van der Waals surface area contributed by atoms with E-state index in [0.717, 1.165) is 22.3 Å². The maximum absolute atomic E-state index is 12.7. The predicted octanol–water partition coefficient (Wildman–Crippen LogP) is 3.23. The molecule has 0 radical (unpaired) electrons. The molecule has 0 spiro atoms. The number of benzene rings is 2. The molecule has 0 bridgehead atoms. The van der Waals surface area contributed by atoms with E-state index >= 15 is 0 Å². The van der Waals surface area contributed by atoms with E-state index in [0.29, 0.717) is 31.9 Å². The van der Waals surface area contributed by atoms with Gasteiger partial charge in [0.25, 0.3) is 5.69 Å². The Kier molecular flexibility index (Phi) is 6.60. The number of nitro benzene ring substituents is 1. The van der Waals surface area contributed by atoms with E-state index in [1.54, 1.807) is 25.4 Å². The lowest BCUT2D eigenvalue weighted by Gasteiger charge is -2.36. The second-order valence-corrected chi connectivity index (χ2v) is 8.15. The average Bonchev–Trinajstić information content (AvgIpc) is 3.31. The van der Waals surface area contributed by atoms with Crippen LogP contribution in [0.5, 0.6) is 5.75 Å². The van der Waals surface area contributed by atoms with Crippen LogP contribution in [0.15, 0.2) is 66.1 Å². The summed E-state index contributed by atoms with van der Waals surface area (Å²) in [6, 6.07) is 14.2. The number of nitro groups is 1. The number of aromatic nitrogens is 2. The second kappa shape index (κ2) is 9.73. The van der Waals surface area contributed by atoms with Gasteiger partial charge in [0, 0.05) is 62.1 Å². The summed E-state index contributed by atoms with van der Waals surface area (Å²) in [6.45, 7) is 2.61. The van der Waals surface area contributed by atoms with Crippen molar-refractivity contribution in [3.63, 3.8) is 0 Å². The maximum atomic E-state index is 12.7. The number of carbonyl (C=O) groups is 1. The van der Waals surface area contributed by atoms with Gasteiger partial charge < -0.3 is 14.5 Å². The molecule has 1 aliphatic rings. The van der Waals surface area contributed by atoms with Gasteiger partial charge in [-0.3, -0.25) is 19.5 Å². The van der Waals surface area contributed by atoms with Gasteiger partial charge >= 0.3 is 0 Å². The lowest BCUT2D eigenvalue weighted by Crippen LogP contribution is -2.49. The molecule has 3 aromatic rings. The third kappa shape index (κ3) is 4.86. The lowest BCUT2D eigenvalue weighted by molar-refractivity contribution is -0.384. The number of carbonyl (C=O) groups excluding carboxylic acids is 1. The number of thioether (sulfide) groups is 1. The van der Waals surface area contributed by atoms with E-state index in [9.17, 15) is 14.9 Å². The van der Waals surface area contributed by atoms with Gasteiger partial charge in [0.05, 0.1) is 17.8 Å². The average molecular weight is 454 g/mol. The van der Waals surface area contributed by atoms with Crippen LogP contribution in [-0.2, 0) is 4.79 Å². The molecule has 0 atom stereocenters. The van der Waals surface area contributed by atoms with Crippen LogP contribution in [0.1, 0.15) is 0 Å². The molecule has 2 aromatic carbocycles. The first kappa shape index (κ1) is 21.7. The fourth-order valence-corrected chi connectivity index (χ4v) is 4.43. The largest absolute Gasteiger partial charge is 0.497 e. The molecule has 0 saturated carbocycles. The Bertz CT molecular complexity index is 1080. The van der Waals surface area contributed by atoms with Crippen LogP contribution in [0, 0.1) is 10.1 Å². The van der Waals surface area contributed by atoms with Gasteiger partial charge in [-0.2, -0.15) is 0 Å². The molecule has 1 saturated heterocycles. The molecule has 9 nitrogen and oxygen atoms in total. The number of hydrogen-bond donors (Lipinski definition) is 0. The van der Waals surface area contributed by atoms with Crippen molar-refractivity contribution in [1.29, 1.82) is 0 Å². The van der Waals surface area contributed by atoms with Crippen LogP contribution in [0.3, 0.4) is 0 Å². The first-order valence-corrected chi connectivity index (χ1v) is 11.1. The van der Waals surface area contributed by atoms with Crippen molar-refractivity contribution in [2.45, 2.75) is 5.16 Å². The predicted molar refractivity (Wildman–Crippen MR) is 123 cm³/mol. The highest BCUT2D eigenvalue weighted by atomic mass is 32.2. The number of amides is 1. The molecule has 1 amide bonds. The molecule has 0 aliphatic carbocycles. The van der Waals surface area contributed by atoms with Crippen molar-refractivity contribution >= 4 is 29.0 Å². The van der Waals surface area contributed by atoms with Gasteiger partial charge in [-0.25, -0.2) is 4.98 Å². The number of nitrogens with zero attached hydrogens (tertiary/aromatic N) is 5. The Hall–Kier alpha value is -3.53. The first-order chi connectivity index (χ1) is 15.5. The molecule has 2 heterocycles. The van der Waals surface area contributed by atoms with Gasteiger partial charge in [0.1, 0.15) is 5.75 Å². The van der Waals surface area contributed by atoms with Gasteiger partial charge in [-0.15, -0.1) is 0 Å². The van der Waals surface area contributed by atoms with Crippen molar-refractivity contribution in [3.8, 4) is 11.4 Å². The third-order valence-corrected chi connectivity index (χ3v) is 6.29. The van der Waals surface area contributed by atoms with E-state index < -0.39 is 4.92 Å². The zero-order valence-electron chi connectivity index (χ0n) is 17.6. The molecule has 32 heavy (non-hydrogen) atoms. The van der Waals surface area contributed by atoms with Crippen molar-refractivity contribution in [2.75, 3.05) is 43.9 Å². The minimum absolute atomic E-state index is 0.0719. The molecule has 10 heteroatoms. The van der Waals surface area contributed by atoms with Crippen molar-refractivity contribution in [1.82, 2.24) is 14.5 Å². The van der Waals surface area contributed by atoms with Gasteiger partial charge in [-0.05, 0) is 36.4 Å². The minimum atomic E-state index is -0.405. The van der Waals surface area contributed by atoms with Crippen molar-refractivity contribution < 1.29 is 14.5 Å². The SMILES string of the molecule is COc1ccc(-n2ccnc2SCC(=O)N2CCN(c3ccc([N+](=O)[O-])cc3)CC2)cc1. The fraction of sp³-hybridized carbons (Fsp3) is 0.273. The molecule has 1 fully saturated rings. The zero-order valence-corrected chi connectivity index (χ0v) is 18.4. The van der Waals surface area contributed by atoms with Crippen LogP contribution < -0.4 is 9.64 Å². The Morgan fingerprint density at radius 2 is 1.72 bits per heavy atom. The standard InChI is InChI=1S/C22H23N5O4S/c1-31-20-8-6-18(7-9-20)26-11-10-23-22(26)32-16-21(28)25-14-12-24(13-15-25)17-2-4-19(5-3-17)27(29)30/h2-11H,12-16H2,1H3. The number of ether oxygens (including phenoxy) is 1. The number of non-ortho nitro benzene ring substituents is 1. The Morgan fingerprint density at radius 3 is 2.34 bits per heavy atom. The minimum Gasteiger partial charge on any atom is -0.497 e. The van der Waals surface area contributed by atoms with Crippen LogP contribution in [0.2, 0.25) is 0 Å². The van der Waals surface area contributed by atoms with Crippen LogP contribution >= 0.6 is 11.8 Å². The molecule has 0 N–H and O–H groups in total. The van der Waals surface area contributed by atoms with Crippen LogP contribution in [0.4, 0.5) is 11.4 Å². The normalized spacial score (nSPS) is 13.8. The third-order valence-electron chi connectivity index (χ3n) is 5.34. The van der Waals surface area contributed by atoms with Crippen molar-refractivity contribution in [3.05, 3.63) is 71.0 Å². The highest BCUT2D eigenvalue weighted by molar-refractivity contribution is 7.99. The molecule has 0 unspecified atom stereocenters. The summed E-state index contributed by atoms with van der Waals surface area (Å²) in [4.78, 5) is 31.5. The van der Waals surface area contributed by atoms with Gasteiger partial charge in [0.2, 0.25) is 5.91 Å². The molecule has 166 valence electrons. The van der Waals surface area contributed by atoms with E-state index in [2.05, 4.69) is 9.88 Å². The summed E-state index contributed by atoms with van der Waals surface area (Å²) in [5, 5.41) is 11.6. The summed E-state index contributed by atoms with van der Waals surface area (Å²) in [7, 11) is 1.63. The number of anilines is 1. The number of hydrogen-bond acceptors (Lipinski definition) is 7. The number of piperazine rings is 1. The maximum Gasteiger partial charge on any atom is 0.269 e. The first-order valence-electron chi connectivity index (χ1n) is 10.1. The van der Waals surface area contributed by atoms with E-state index in [1.165, 1.54) is 23.9 Å². The monoisotopic (exact) mass is 453 g/mol. The van der Waals surface area contributed by atoms with Crippen LogP contribution in [-0.4, -0.2) is 64.3 Å². The lowest BCUT2D eigenvalue weighted by atomic mass is 10.2. The molecule has 4 rings (SSSR count). The second-order valence-electron chi connectivity index (χ2n) is 7.21. The van der Waals surface area contributed by atoms with E-state index in [1.807, 2.05) is 39.9 Å². The Balaban J connectivity index is 1.30. The number of methoxy groups -OCH3 is 1. The summed E-state index contributed by atoms with van der Waals surface area (Å²) in [5.74, 6) is 1.17. The Labute approximate surface area is 189 Å². The summed E-state index contributed by atoms with van der Waals surface area (Å²) < 4.78 is 7.15.